The van der Waals surface area contributed by atoms with Crippen LogP contribution in [0.15, 0.2) is 24.3 Å². The summed E-state index contributed by atoms with van der Waals surface area (Å²) in [6.07, 6.45) is 0.350. The molecule has 0 radical (unpaired) electrons. The zero-order chi connectivity index (χ0) is 10.4. The van der Waals surface area contributed by atoms with Crippen molar-refractivity contribution in [1.29, 1.82) is 5.26 Å². The molecule has 0 heterocycles. The summed E-state index contributed by atoms with van der Waals surface area (Å²) in [5.74, 6) is 0.790. The minimum atomic E-state index is -0.352. The first-order valence-corrected chi connectivity index (χ1v) is 5.64. The summed E-state index contributed by atoms with van der Waals surface area (Å²) >= 11 is 3.38. The van der Waals surface area contributed by atoms with Crippen molar-refractivity contribution < 1.29 is 4.74 Å². The van der Waals surface area contributed by atoms with Crippen molar-refractivity contribution in [2.75, 3.05) is 0 Å². The fourth-order valence-electron chi connectivity index (χ4n) is 1.08. The van der Waals surface area contributed by atoms with Crippen molar-refractivity contribution in [3.8, 4) is 11.8 Å². The Balaban J connectivity index is 2.80. The highest BCUT2D eigenvalue weighted by Crippen LogP contribution is 2.22. The Morgan fingerprint density at radius 2 is 2.21 bits per heavy atom. The zero-order valence-electron chi connectivity index (χ0n) is 8.03. The van der Waals surface area contributed by atoms with E-state index in [0.29, 0.717) is 6.42 Å². The van der Waals surface area contributed by atoms with E-state index in [1.165, 1.54) is 0 Å². The second kappa shape index (κ2) is 5.66. The predicted octanol–water partition coefficient (Wildman–Crippen LogP) is 3.26. The van der Waals surface area contributed by atoms with Gasteiger partial charge in [0.15, 0.2) is 6.10 Å². The summed E-state index contributed by atoms with van der Waals surface area (Å²) < 4.78 is 5.54. The molecule has 1 aromatic rings. The molecule has 0 aliphatic rings. The van der Waals surface area contributed by atoms with Gasteiger partial charge >= 0.3 is 0 Å². The van der Waals surface area contributed by atoms with Crippen LogP contribution in [-0.4, -0.2) is 6.10 Å². The molecular weight excluding hydrogens is 242 g/mol. The number of hydrogen-bond acceptors (Lipinski definition) is 2. The molecule has 0 saturated heterocycles. The van der Waals surface area contributed by atoms with Crippen molar-refractivity contribution in [1.82, 2.24) is 0 Å². The Bertz CT molecular complexity index is 332. The van der Waals surface area contributed by atoms with Gasteiger partial charge in [-0.1, -0.05) is 41.1 Å². The normalized spacial score (nSPS) is 11.8. The quantitative estimate of drug-likeness (QED) is 0.772. The van der Waals surface area contributed by atoms with Gasteiger partial charge in [-0.3, -0.25) is 0 Å². The molecule has 3 heteroatoms. The second-order valence-electron chi connectivity index (χ2n) is 2.89. The topological polar surface area (TPSA) is 33.0 Å². The third kappa shape index (κ3) is 2.74. The Morgan fingerprint density at radius 3 is 2.79 bits per heavy atom. The number of hydrogen-bond donors (Lipinski definition) is 0. The Morgan fingerprint density at radius 1 is 1.50 bits per heavy atom. The molecule has 0 spiro atoms. The predicted molar refractivity (Wildman–Crippen MR) is 59.4 cm³/mol. The molecule has 2 nitrogen and oxygen atoms in total. The van der Waals surface area contributed by atoms with Crippen molar-refractivity contribution in [3.63, 3.8) is 0 Å². The molecule has 0 N–H and O–H groups in total. The lowest BCUT2D eigenvalue weighted by molar-refractivity contribution is 0.250. The average molecular weight is 254 g/mol. The van der Waals surface area contributed by atoms with Gasteiger partial charge in [-0.05, 0) is 12.5 Å². The third-order valence-electron chi connectivity index (χ3n) is 1.90. The molecule has 0 saturated carbocycles. The van der Waals surface area contributed by atoms with Crippen molar-refractivity contribution in [3.05, 3.63) is 29.8 Å². The van der Waals surface area contributed by atoms with Gasteiger partial charge in [0, 0.05) is 10.9 Å². The van der Waals surface area contributed by atoms with Crippen molar-refractivity contribution in [2.45, 2.75) is 24.8 Å². The number of nitriles is 1. The van der Waals surface area contributed by atoms with E-state index >= 15 is 0 Å². The molecular formula is C11H12BrNO. The van der Waals surface area contributed by atoms with Gasteiger partial charge in [0.1, 0.15) is 11.8 Å². The highest BCUT2D eigenvalue weighted by atomic mass is 79.9. The molecule has 0 fully saturated rings. The molecule has 0 aliphatic heterocycles. The van der Waals surface area contributed by atoms with Gasteiger partial charge in [0.2, 0.25) is 0 Å². The first kappa shape index (κ1) is 11.1. The lowest BCUT2D eigenvalue weighted by Gasteiger charge is -2.12. The smallest absolute Gasteiger partial charge is 0.184 e. The Hall–Kier alpha value is -1.01. The van der Waals surface area contributed by atoms with Crippen molar-refractivity contribution in [2.24, 2.45) is 0 Å². The highest BCUT2D eigenvalue weighted by molar-refractivity contribution is 9.08. The summed E-state index contributed by atoms with van der Waals surface area (Å²) in [7, 11) is 0. The molecule has 0 bridgehead atoms. The van der Waals surface area contributed by atoms with Crippen LogP contribution in [0.1, 0.15) is 18.9 Å². The summed E-state index contributed by atoms with van der Waals surface area (Å²) in [6.45, 7) is 1.94. The van der Waals surface area contributed by atoms with Crippen LogP contribution in [0.2, 0.25) is 0 Å². The molecule has 1 unspecified atom stereocenters. The molecule has 74 valence electrons. The fourth-order valence-corrected chi connectivity index (χ4v) is 1.55. The summed E-state index contributed by atoms with van der Waals surface area (Å²) in [6, 6.07) is 9.84. The van der Waals surface area contributed by atoms with Gasteiger partial charge in [-0.25, -0.2) is 0 Å². The molecule has 1 aromatic carbocycles. The maximum atomic E-state index is 8.76. The van der Waals surface area contributed by atoms with Crippen LogP contribution in [0.3, 0.4) is 0 Å². The molecule has 0 amide bonds. The number of para-hydroxylation sites is 1. The lowest BCUT2D eigenvalue weighted by Crippen LogP contribution is -2.13. The van der Waals surface area contributed by atoms with Crippen LogP contribution in [0, 0.1) is 11.3 Å². The van der Waals surface area contributed by atoms with E-state index in [-0.39, 0.29) is 6.10 Å². The number of halogens is 1. The molecule has 1 atom stereocenters. The van der Waals surface area contributed by atoms with Gasteiger partial charge in [0.25, 0.3) is 0 Å². The number of nitrogens with zero attached hydrogens (tertiary/aromatic N) is 1. The number of ether oxygens (including phenoxy) is 1. The maximum absolute atomic E-state index is 8.76. The molecule has 14 heavy (non-hydrogen) atoms. The monoisotopic (exact) mass is 253 g/mol. The van der Waals surface area contributed by atoms with E-state index in [1.54, 1.807) is 0 Å². The largest absolute Gasteiger partial charge is 0.475 e. The summed E-state index contributed by atoms with van der Waals surface area (Å²) in [4.78, 5) is 0. The van der Waals surface area contributed by atoms with E-state index in [9.17, 15) is 0 Å². The van der Waals surface area contributed by atoms with Crippen LogP contribution in [0.5, 0.6) is 5.75 Å². The fraction of sp³-hybridized carbons (Fsp3) is 0.364. The van der Waals surface area contributed by atoms with E-state index in [0.717, 1.165) is 16.6 Å². The van der Waals surface area contributed by atoms with E-state index in [4.69, 9.17) is 10.00 Å². The van der Waals surface area contributed by atoms with E-state index in [1.807, 2.05) is 31.2 Å². The van der Waals surface area contributed by atoms with Crippen LogP contribution < -0.4 is 4.74 Å². The van der Waals surface area contributed by atoms with E-state index < -0.39 is 0 Å². The minimum absolute atomic E-state index is 0.352. The van der Waals surface area contributed by atoms with Gasteiger partial charge < -0.3 is 4.74 Å². The Kier molecular flexibility index (Phi) is 4.48. The average Bonchev–Trinajstić information content (AvgIpc) is 2.26. The number of rotatable bonds is 4. The first-order valence-electron chi connectivity index (χ1n) is 4.52. The lowest BCUT2D eigenvalue weighted by atomic mass is 10.2. The van der Waals surface area contributed by atoms with Gasteiger partial charge in [-0.15, -0.1) is 0 Å². The zero-order valence-corrected chi connectivity index (χ0v) is 9.62. The molecule has 1 rings (SSSR count). The summed E-state index contributed by atoms with van der Waals surface area (Å²) in [5, 5.41) is 9.51. The molecule has 0 aromatic heterocycles. The van der Waals surface area contributed by atoms with Crippen molar-refractivity contribution >= 4 is 15.9 Å². The standard InChI is InChI=1S/C11H12BrNO/c1-2-10(8-13)14-11-6-4-3-5-9(11)7-12/h3-6,10H,2,7H2,1H3. The van der Waals surface area contributed by atoms with Gasteiger partial charge in [-0.2, -0.15) is 5.26 Å². The highest BCUT2D eigenvalue weighted by Gasteiger charge is 2.08. The Labute approximate surface area is 92.6 Å². The molecule has 0 aliphatic carbocycles. The van der Waals surface area contributed by atoms with Crippen LogP contribution in [-0.2, 0) is 5.33 Å². The number of alkyl halides is 1. The van der Waals surface area contributed by atoms with Crippen LogP contribution in [0.25, 0.3) is 0 Å². The van der Waals surface area contributed by atoms with Gasteiger partial charge in [0.05, 0.1) is 0 Å². The second-order valence-corrected chi connectivity index (χ2v) is 3.45. The first-order chi connectivity index (χ1) is 6.81. The maximum Gasteiger partial charge on any atom is 0.184 e. The summed E-state index contributed by atoms with van der Waals surface area (Å²) in [5.41, 5.74) is 1.07. The van der Waals surface area contributed by atoms with E-state index in [2.05, 4.69) is 22.0 Å². The number of benzene rings is 1. The van der Waals surface area contributed by atoms with Crippen LogP contribution >= 0.6 is 15.9 Å². The SMILES string of the molecule is CCC(C#N)Oc1ccccc1CBr. The van der Waals surface area contributed by atoms with Crippen LogP contribution in [0.4, 0.5) is 0 Å². The third-order valence-corrected chi connectivity index (χ3v) is 2.50. The minimum Gasteiger partial charge on any atom is -0.475 e.